The number of hydrogen-bond donors (Lipinski definition) is 1. The van der Waals surface area contributed by atoms with Gasteiger partial charge in [0.25, 0.3) is 0 Å². The second-order valence-corrected chi connectivity index (χ2v) is 12.3. The Morgan fingerprint density at radius 1 is 1.05 bits per heavy atom. The molecule has 212 valence electrons. The van der Waals surface area contributed by atoms with E-state index in [1.165, 1.54) is 5.69 Å². The number of anilines is 1. The molecule has 1 unspecified atom stereocenters. The molecule has 4 heterocycles. The minimum atomic E-state index is -0.460. The number of hydrogen-bond acceptors (Lipinski definition) is 7. The maximum absolute atomic E-state index is 12.5. The monoisotopic (exact) mass is 538 g/mol. The molecule has 1 aromatic heterocycles. The maximum atomic E-state index is 12.5. The van der Waals surface area contributed by atoms with Crippen molar-refractivity contribution < 1.29 is 19.1 Å². The van der Waals surface area contributed by atoms with E-state index in [-0.39, 0.29) is 17.9 Å². The molecule has 3 fully saturated rings. The van der Waals surface area contributed by atoms with Crippen LogP contribution in [-0.2, 0) is 21.4 Å². The third kappa shape index (κ3) is 5.90. The van der Waals surface area contributed by atoms with Crippen LogP contribution in [0.25, 0.3) is 10.9 Å². The molecule has 0 aliphatic carbocycles. The van der Waals surface area contributed by atoms with Crippen LogP contribution in [0.15, 0.2) is 18.2 Å². The normalized spacial score (nSPS) is 22.7. The topological polar surface area (TPSA) is 100 Å². The molecule has 3 aliphatic heterocycles. The first-order valence-electron chi connectivity index (χ1n) is 14.3. The van der Waals surface area contributed by atoms with Crippen LogP contribution >= 0.6 is 0 Å². The van der Waals surface area contributed by atoms with Crippen LogP contribution in [0.4, 0.5) is 10.5 Å². The van der Waals surface area contributed by atoms with Crippen LogP contribution < -0.4 is 10.2 Å². The molecule has 5 rings (SSSR count). The van der Waals surface area contributed by atoms with Crippen molar-refractivity contribution in [3.63, 3.8) is 0 Å². The van der Waals surface area contributed by atoms with Gasteiger partial charge in [-0.15, -0.1) is 0 Å². The lowest BCUT2D eigenvalue weighted by molar-refractivity contribution is -0.134. The van der Waals surface area contributed by atoms with E-state index in [2.05, 4.69) is 45.3 Å². The predicted molar refractivity (Wildman–Crippen MR) is 150 cm³/mol. The molecule has 0 spiro atoms. The molecule has 0 radical (unpaired) electrons. The first-order chi connectivity index (χ1) is 18.5. The number of ether oxygens (including phenoxy) is 1. The first-order valence-corrected chi connectivity index (χ1v) is 14.3. The van der Waals surface area contributed by atoms with Gasteiger partial charge >= 0.3 is 6.09 Å². The Balaban J connectivity index is 1.17. The summed E-state index contributed by atoms with van der Waals surface area (Å²) < 4.78 is 7.40. The fourth-order valence-corrected chi connectivity index (χ4v) is 6.26. The highest BCUT2D eigenvalue weighted by Crippen LogP contribution is 2.33. The number of piperidine rings is 2. The van der Waals surface area contributed by atoms with E-state index in [9.17, 15) is 14.4 Å². The minimum absolute atomic E-state index is 0.197. The number of rotatable bonds is 4. The number of benzene rings is 1. The molecule has 2 aromatic rings. The number of amides is 3. The lowest BCUT2D eigenvalue weighted by Crippen LogP contribution is -2.53. The third-order valence-corrected chi connectivity index (χ3v) is 8.56. The Bertz CT molecular complexity index is 1230. The number of nitrogens with zero attached hydrogens (tertiary/aromatic N) is 5. The third-order valence-electron chi connectivity index (χ3n) is 8.56. The lowest BCUT2D eigenvalue weighted by Gasteiger charge is -2.43. The highest BCUT2D eigenvalue weighted by Gasteiger charge is 2.34. The van der Waals surface area contributed by atoms with Crippen molar-refractivity contribution in [1.29, 1.82) is 0 Å². The van der Waals surface area contributed by atoms with Gasteiger partial charge < -0.3 is 14.5 Å². The van der Waals surface area contributed by atoms with E-state index < -0.39 is 11.5 Å². The molecule has 3 aliphatic rings. The largest absolute Gasteiger partial charge is 0.444 e. The number of nitrogens with one attached hydrogen (secondary N) is 1. The number of aromatic nitrogens is 2. The number of likely N-dealkylation sites (tertiary alicyclic amines) is 1. The predicted octanol–water partition coefficient (Wildman–Crippen LogP) is 3.25. The maximum Gasteiger partial charge on any atom is 0.410 e. The summed E-state index contributed by atoms with van der Waals surface area (Å²) in [5.41, 5.74) is 2.45. The summed E-state index contributed by atoms with van der Waals surface area (Å²) in [5, 5.41) is 8.11. The van der Waals surface area contributed by atoms with Gasteiger partial charge in [-0.05, 0) is 71.1 Å². The summed E-state index contributed by atoms with van der Waals surface area (Å²) >= 11 is 0. The van der Waals surface area contributed by atoms with Gasteiger partial charge in [0.15, 0.2) is 0 Å². The zero-order valence-electron chi connectivity index (χ0n) is 23.9. The number of carbonyl (C=O) groups excluding carboxylic acids is 3. The lowest BCUT2D eigenvalue weighted by atomic mass is 9.89. The summed E-state index contributed by atoms with van der Waals surface area (Å²) in [4.78, 5) is 43.3. The van der Waals surface area contributed by atoms with Gasteiger partial charge in [0.05, 0.1) is 17.1 Å². The molecule has 10 nitrogen and oxygen atoms in total. The zero-order valence-corrected chi connectivity index (χ0v) is 23.9. The molecule has 3 saturated heterocycles. The van der Waals surface area contributed by atoms with E-state index >= 15 is 0 Å². The average molecular weight is 539 g/mol. The van der Waals surface area contributed by atoms with Crippen molar-refractivity contribution in [2.24, 2.45) is 13.0 Å². The highest BCUT2D eigenvalue weighted by molar-refractivity contribution is 6.02. The fourth-order valence-electron chi connectivity index (χ4n) is 6.26. The van der Waals surface area contributed by atoms with Crippen LogP contribution in [0, 0.1) is 5.92 Å². The van der Waals surface area contributed by atoms with E-state index in [0.29, 0.717) is 24.8 Å². The van der Waals surface area contributed by atoms with E-state index in [1.807, 2.05) is 37.4 Å². The van der Waals surface area contributed by atoms with Crippen LogP contribution in [-0.4, -0.2) is 88.4 Å². The van der Waals surface area contributed by atoms with E-state index in [4.69, 9.17) is 4.74 Å². The van der Waals surface area contributed by atoms with Crippen molar-refractivity contribution >= 4 is 34.5 Å². The number of piperazine rings is 1. The molecule has 39 heavy (non-hydrogen) atoms. The van der Waals surface area contributed by atoms with Gasteiger partial charge in [-0.2, -0.15) is 5.10 Å². The standard InChI is InChI=1S/C29H42N6O4/c1-19(20-10-12-35(13-11-20)28(38)39-29(2,3)4)33-14-16-34(17-15-33)21-6-7-22-24(18-21)32(5)31-26(22)23-8-9-25(36)30-27(23)37/h6-7,18-20,23H,8-17H2,1-5H3,(H,30,36,37)/t19-,23?/m1/s1. The van der Waals surface area contributed by atoms with E-state index in [1.54, 1.807) is 0 Å². The summed E-state index contributed by atoms with van der Waals surface area (Å²) in [6, 6.07) is 6.85. The molecule has 1 aromatic carbocycles. The Hall–Kier alpha value is -3.14. The fraction of sp³-hybridized carbons (Fsp3) is 0.655. The molecule has 3 amide bonds. The SMILES string of the molecule is C[C@H](C1CCN(C(=O)OC(C)(C)C)CC1)N1CCN(c2ccc3c(C4CCC(=O)NC4=O)nn(C)c3c2)CC1. The quantitative estimate of drug-likeness (QED) is 0.597. The van der Waals surface area contributed by atoms with Crippen molar-refractivity contribution in [2.75, 3.05) is 44.2 Å². The average Bonchev–Trinajstić information content (AvgIpc) is 3.23. The number of carbonyl (C=O) groups is 3. The van der Waals surface area contributed by atoms with Crippen molar-refractivity contribution in [1.82, 2.24) is 24.9 Å². The van der Waals surface area contributed by atoms with Crippen molar-refractivity contribution in [3.8, 4) is 0 Å². The Morgan fingerprint density at radius 3 is 2.38 bits per heavy atom. The van der Waals surface area contributed by atoms with Crippen LogP contribution in [0.2, 0.25) is 0 Å². The van der Waals surface area contributed by atoms with Gasteiger partial charge in [-0.1, -0.05) is 0 Å². The van der Waals surface area contributed by atoms with Gasteiger partial charge in [-0.3, -0.25) is 24.5 Å². The number of aryl methyl sites for hydroxylation is 1. The van der Waals surface area contributed by atoms with Gasteiger partial charge in [0, 0.05) is 69.9 Å². The van der Waals surface area contributed by atoms with Crippen LogP contribution in [0.3, 0.4) is 0 Å². The molecule has 2 atom stereocenters. The van der Waals surface area contributed by atoms with Gasteiger partial charge in [0.2, 0.25) is 11.8 Å². The van der Waals surface area contributed by atoms with Crippen LogP contribution in [0.5, 0.6) is 0 Å². The highest BCUT2D eigenvalue weighted by atomic mass is 16.6. The summed E-state index contributed by atoms with van der Waals surface area (Å²) in [6.45, 7) is 13.5. The smallest absolute Gasteiger partial charge is 0.410 e. The zero-order chi connectivity index (χ0) is 27.9. The Labute approximate surface area is 230 Å². The molecule has 0 saturated carbocycles. The molecule has 0 bridgehead atoms. The summed E-state index contributed by atoms with van der Waals surface area (Å²) in [7, 11) is 1.91. The molecule has 1 N–H and O–H groups in total. The van der Waals surface area contributed by atoms with Gasteiger partial charge in [-0.25, -0.2) is 4.79 Å². The first kappa shape index (κ1) is 27.4. The Morgan fingerprint density at radius 2 is 1.74 bits per heavy atom. The van der Waals surface area contributed by atoms with Crippen molar-refractivity contribution in [3.05, 3.63) is 23.9 Å². The van der Waals surface area contributed by atoms with Gasteiger partial charge in [0.1, 0.15) is 5.60 Å². The van der Waals surface area contributed by atoms with Crippen molar-refractivity contribution in [2.45, 2.75) is 70.9 Å². The summed E-state index contributed by atoms with van der Waals surface area (Å²) in [6.07, 6.45) is 2.66. The number of fused-ring (bicyclic) bond motifs is 1. The van der Waals surface area contributed by atoms with Crippen LogP contribution in [0.1, 0.15) is 65.0 Å². The second-order valence-electron chi connectivity index (χ2n) is 12.3. The Kier molecular flexibility index (Phi) is 7.59. The molecular weight excluding hydrogens is 496 g/mol. The number of imide groups is 1. The van der Waals surface area contributed by atoms with E-state index in [0.717, 1.165) is 68.7 Å². The second kappa shape index (κ2) is 10.8. The molecule has 10 heteroatoms. The molecular formula is C29H42N6O4. The minimum Gasteiger partial charge on any atom is -0.444 e. The summed E-state index contributed by atoms with van der Waals surface area (Å²) in [5.74, 6) is -0.278.